The molecule has 3 rings (SSSR count). The molecule has 1 N–H and O–H groups in total. The Labute approximate surface area is 141 Å². The predicted octanol–water partition coefficient (Wildman–Crippen LogP) is 4.22. The molecule has 0 unspecified atom stereocenters. The number of alkyl halides is 3. The lowest BCUT2D eigenvalue weighted by Gasteiger charge is -2.08. The number of fused-ring (bicyclic) bond motifs is 1. The fourth-order valence-electron chi connectivity index (χ4n) is 2.37. The lowest BCUT2D eigenvalue weighted by molar-refractivity contribution is -0.141. The van der Waals surface area contributed by atoms with Gasteiger partial charge in [-0.3, -0.25) is 14.8 Å². The van der Waals surface area contributed by atoms with Gasteiger partial charge in [0.1, 0.15) is 5.69 Å². The Morgan fingerprint density at radius 3 is 2.64 bits per heavy atom. The second kappa shape index (κ2) is 6.88. The van der Waals surface area contributed by atoms with Crippen molar-refractivity contribution in [3.05, 3.63) is 66.1 Å². The van der Waals surface area contributed by atoms with E-state index in [4.69, 9.17) is 0 Å². The highest BCUT2D eigenvalue weighted by atomic mass is 19.4. The Hall–Kier alpha value is -2.96. The minimum absolute atomic E-state index is 0.146. The Morgan fingerprint density at radius 1 is 1.08 bits per heavy atom. The second-order valence-corrected chi connectivity index (χ2v) is 5.51. The van der Waals surface area contributed by atoms with Gasteiger partial charge in [0, 0.05) is 29.9 Å². The minimum Gasteiger partial charge on any atom is -0.326 e. The first-order valence-electron chi connectivity index (χ1n) is 7.58. The average molecular weight is 345 g/mol. The Morgan fingerprint density at radius 2 is 1.92 bits per heavy atom. The minimum atomic E-state index is -4.46. The van der Waals surface area contributed by atoms with Crippen LogP contribution in [0.5, 0.6) is 0 Å². The van der Waals surface area contributed by atoms with Gasteiger partial charge in [-0.15, -0.1) is 0 Å². The maximum Gasteiger partial charge on any atom is 0.433 e. The topological polar surface area (TPSA) is 54.9 Å². The molecule has 2 aromatic heterocycles. The zero-order valence-electron chi connectivity index (χ0n) is 13.0. The Balaban J connectivity index is 1.58. The molecule has 0 fully saturated rings. The molecule has 1 aromatic carbocycles. The third kappa shape index (κ3) is 4.32. The number of benzene rings is 1. The van der Waals surface area contributed by atoms with E-state index in [1.54, 1.807) is 18.3 Å². The number of nitrogens with zero attached hydrogens (tertiary/aromatic N) is 2. The van der Waals surface area contributed by atoms with Gasteiger partial charge in [-0.05, 0) is 36.2 Å². The normalized spacial score (nSPS) is 11.5. The number of carbonyl (C=O) groups is 1. The monoisotopic (exact) mass is 345 g/mol. The van der Waals surface area contributed by atoms with Crippen molar-refractivity contribution in [3.63, 3.8) is 0 Å². The molecule has 0 aliphatic carbocycles. The van der Waals surface area contributed by atoms with E-state index >= 15 is 0 Å². The summed E-state index contributed by atoms with van der Waals surface area (Å²) in [5.41, 5.74) is 1.03. The molecule has 0 saturated heterocycles. The van der Waals surface area contributed by atoms with Crippen LogP contribution >= 0.6 is 0 Å². The van der Waals surface area contributed by atoms with Crippen LogP contribution in [0.25, 0.3) is 10.9 Å². The molecular weight excluding hydrogens is 331 g/mol. The molecule has 7 heteroatoms. The van der Waals surface area contributed by atoms with E-state index in [1.165, 1.54) is 6.07 Å². The first-order chi connectivity index (χ1) is 11.9. The average Bonchev–Trinajstić information content (AvgIpc) is 2.59. The lowest BCUT2D eigenvalue weighted by Crippen LogP contribution is -2.13. The van der Waals surface area contributed by atoms with Crippen LogP contribution in [0.4, 0.5) is 18.9 Å². The maximum atomic E-state index is 12.5. The summed E-state index contributed by atoms with van der Waals surface area (Å²) >= 11 is 0. The van der Waals surface area contributed by atoms with Gasteiger partial charge in [-0.2, -0.15) is 13.2 Å². The van der Waals surface area contributed by atoms with Crippen molar-refractivity contribution in [1.29, 1.82) is 0 Å². The van der Waals surface area contributed by atoms with Crippen molar-refractivity contribution in [2.45, 2.75) is 19.0 Å². The number of aromatic nitrogens is 2. The number of carbonyl (C=O) groups excluding carboxylic acids is 1. The molecule has 0 aliphatic rings. The van der Waals surface area contributed by atoms with Crippen molar-refractivity contribution in [1.82, 2.24) is 9.97 Å². The summed E-state index contributed by atoms with van der Waals surface area (Å²) in [6.45, 7) is 0. The van der Waals surface area contributed by atoms with E-state index < -0.39 is 11.9 Å². The summed E-state index contributed by atoms with van der Waals surface area (Å²) < 4.78 is 37.4. The van der Waals surface area contributed by atoms with Gasteiger partial charge in [-0.25, -0.2) is 0 Å². The van der Waals surface area contributed by atoms with Crippen LogP contribution in [-0.2, 0) is 17.4 Å². The fraction of sp³-hybridized carbons (Fsp3) is 0.167. The predicted molar refractivity (Wildman–Crippen MR) is 87.9 cm³/mol. The number of halogens is 3. The quantitative estimate of drug-likeness (QED) is 0.770. The van der Waals surface area contributed by atoms with Gasteiger partial charge in [-0.1, -0.05) is 18.2 Å². The number of hydrogen-bond acceptors (Lipinski definition) is 3. The summed E-state index contributed by atoms with van der Waals surface area (Å²) in [4.78, 5) is 19.6. The Bertz CT molecular complexity index is 892. The van der Waals surface area contributed by atoms with Crippen molar-refractivity contribution in [3.8, 4) is 0 Å². The molecule has 0 radical (unpaired) electrons. The summed E-state index contributed by atoms with van der Waals surface area (Å²) in [5.74, 6) is -0.227. The Kier molecular flexibility index (Phi) is 4.65. The van der Waals surface area contributed by atoms with Crippen LogP contribution in [0.1, 0.15) is 17.7 Å². The maximum absolute atomic E-state index is 12.5. The van der Waals surface area contributed by atoms with Crippen molar-refractivity contribution >= 4 is 22.5 Å². The highest BCUT2D eigenvalue weighted by Crippen LogP contribution is 2.27. The molecule has 0 atom stereocenters. The summed E-state index contributed by atoms with van der Waals surface area (Å²) in [7, 11) is 0. The number of nitrogens with one attached hydrogen (secondary N) is 1. The molecule has 0 aliphatic heterocycles. The third-order valence-corrected chi connectivity index (χ3v) is 3.65. The van der Waals surface area contributed by atoms with Crippen molar-refractivity contribution in [2.75, 3.05) is 5.32 Å². The van der Waals surface area contributed by atoms with E-state index in [0.29, 0.717) is 17.7 Å². The first-order valence-corrected chi connectivity index (χ1v) is 7.58. The van der Waals surface area contributed by atoms with E-state index in [2.05, 4.69) is 15.3 Å². The molecule has 1 amide bonds. The zero-order chi connectivity index (χ0) is 17.9. The molecule has 0 bridgehead atoms. The molecule has 0 spiro atoms. The molecule has 2 heterocycles. The molecule has 4 nitrogen and oxygen atoms in total. The van der Waals surface area contributed by atoms with Gasteiger partial charge in [0.15, 0.2) is 0 Å². The number of pyridine rings is 2. The second-order valence-electron chi connectivity index (χ2n) is 5.51. The SMILES string of the molecule is O=C(CCc1ccc(C(F)(F)F)nc1)Nc1ccc2cccnc2c1. The number of hydrogen-bond donors (Lipinski definition) is 1. The molecule has 25 heavy (non-hydrogen) atoms. The molecule has 3 aromatic rings. The van der Waals surface area contributed by atoms with E-state index in [-0.39, 0.29) is 12.3 Å². The standard InChI is InChI=1S/C18H14F3N3O/c19-18(20,21)16-7-3-12(11-23-16)4-8-17(25)24-14-6-5-13-2-1-9-22-15(13)10-14/h1-3,5-7,9-11H,4,8H2,(H,24,25). The van der Waals surface area contributed by atoms with Crippen LogP contribution in [0.15, 0.2) is 54.9 Å². The summed E-state index contributed by atoms with van der Waals surface area (Å²) in [5, 5.41) is 3.73. The van der Waals surface area contributed by atoms with Crippen LogP contribution in [0.2, 0.25) is 0 Å². The van der Waals surface area contributed by atoms with Gasteiger partial charge in [0.25, 0.3) is 0 Å². The van der Waals surface area contributed by atoms with Gasteiger partial charge < -0.3 is 5.32 Å². The van der Waals surface area contributed by atoms with Crippen LogP contribution in [0, 0.1) is 0 Å². The lowest BCUT2D eigenvalue weighted by atomic mass is 10.1. The fourth-order valence-corrected chi connectivity index (χ4v) is 2.37. The highest BCUT2D eigenvalue weighted by Gasteiger charge is 2.31. The van der Waals surface area contributed by atoms with E-state index in [0.717, 1.165) is 23.2 Å². The van der Waals surface area contributed by atoms with Crippen LogP contribution in [-0.4, -0.2) is 15.9 Å². The zero-order valence-corrected chi connectivity index (χ0v) is 13.0. The van der Waals surface area contributed by atoms with E-state index in [9.17, 15) is 18.0 Å². The molecular formula is C18H14F3N3O. The van der Waals surface area contributed by atoms with Gasteiger partial charge in [0.2, 0.25) is 5.91 Å². The third-order valence-electron chi connectivity index (χ3n) is 3.65. The van der Waals surface area contributed by atoms with E-state index in [1.807, 2.05) is 18.2 Å². The number of aryl methyl sites for hydroxylation is 1. The summed E-state index contributed by atoms with van der Waals surface area (Å²) in [6, 6.07) is 11.4. The molecule has 0 saturated carbocycles. The van der Waals surface area contributed by atoms with Gasteiger partial charge >= 0.3 is 6.18 Å². The number of anilines is 1. The van der Waals surface area contributed by atoms with Gasteiger partial charge in [0.05, 0.1) is 5.52 Å². The number of rotatable bonds is 4. The van der Waals surface area contributed by atoms with Crippen molar-refractivity contribution < 1.29 is 18.0 Å². The smallest absolute Gasteiger partial charge is 0.326 e. The number of amides is 1. The summed E-state index contributed by atoms with van der Waals surface area (Å²) in [6.07, 6.45) is -1.18. The van der Waals surface area contributed by atoms with Crippen LogP contribution in [0.3, 0.4) is 0 Å². The van der Waals surface area contributed by atoms with Crippen LogP contribution < -0.4 is 5.32 Å². The van der Waals surface area contributed by atoms with Crippen molar-refractivity contribution in [2.24, 2.45) is 0 Å². The first kappa shape index (κ1) is 16.9. The highest BCUT2D eigenvalue weighted by molar-refractivity contribution is 5.93. The molecule has 128 valence electrons. The largest absolute Gasteiger partial charge is 0.433 e.